The van der Waals surface area contributed by atoms with Crippen LogP contribution in [0.3, 0.4) is 0 Å². The van der Waals surface area contributed by atoms with Crippen LogP contribution in [0, 0.1) is 11.3 Å². The first-order valence-corrected chi connectivity index (χ1v) is 5.65. The molecular weight excluding hydrogens is 216 g/mol. The van der Waals surface area contributed by atoms with Gasteiger partial charge in [0, 0.05) is 17.0 Å². The van der Waals surface area contributed by atoms with Crippen LogP contribution < -0.4 is 5.73 Å². The molecule has 2 N–H and O–H groups in total. The lowest BCUT2D eigenvalue weighted by molar-refractivity contribution is 0.981. The highest BCUT2D eigenvalue weighted by molar-refractivity contribution is 7.99. The molecular formula is C10H11ClN2S. The lowest BCUT2D eigenvalue weighted by atomic mass is 10.3. The van der Waals surface area contributed by atoms with Crippen LogP contribution in [-0.4, -0.2) is 5.75 Å². The van der Waals surface area contributed by atoms with E-state index in [4.69, 9.17) is 22.6 Å². The van der Waals surface area contributed by atoms with Gasteiger partial charge in [0.25, 0.3) is 0 Å². The molecule has 0 aliphatic carbocycles. The number of nitriles is 1. The summed E-state index contributed by atoms with van der Waals surface area (Å²) < 4.78 is 0. The average molecular weight is 227 g/mol. The van der Waals surface area contributed by atoms with E-state index in [1.54, 1.807) is 23.9 Å². The molecule has 0 aromatic heterocycles. The maximum absolute atomic E-state index is 8.36. The van der Waals surface area contributed by atoms with E-state index in [2.05, 4.69) is 6.07 Å². The monoisotopic (exact) mass is 226 g/mol. The lowest BCUT2D eigenvalue weighted by Gasteiger charge is -2.03. The summed E-state index contributed by atoms with van der Waals surface area (Å²) in [5.41, 5.74) is 6.35. The first kappa shape index (κ1) is 11.2. The molecule has 0 fully saturated rings. The Balaban J connectivity index is 2.50. The number of rotatable bonds is 4. The standard InChI is InChI=1S/C10H11ClN2S/c11-9-4-3-8(13)7-10(9)14-6-2-1-5-12/h3-4,7H,1-2,6,13H2. The van der Waals surface area contributed by atoms with Crippen molar-refractivity contribution in [3.63, 3.8) is 0 Å². The second-order valence-corrected chi connectivity index (χ2v) is 4.34. The largest absolute Gasteiger partial charge is 0.399 e. The van der Waals surface area contributed by atoms with E-state index in [1.807, 2.05) is 6.07 Å². The van der Waals surface area contributed by atoms with E-state index in [-0.39, 0.29) is 0 Å². The number of nitrogens with zero attached hydrogens (tertiary/aromatic N) is 1. The topological polar surface area (TPSA) is 49.8 Å². The maximum Gasteiger partial charge on any atom is 0.0622 e. The number of thioether (sulfide) groups is 1. The molecule has 1 aromatic carbocycles. The number of nitrogens with two attached hydrogens (primary N) is 1. The van der Waals surface area contributed by atoms with Crippen LogP contribution in [0.25, 0.3) is 0 Å². The molecule has 1 rings (SSSR count). The molecule has 4 heteroatoms. The summed E-state index contributed by atoms with van der Waals surface area (Å²) >= 11 is 7.61. The van der Waals surface area contributed by atoms with E-state index in [0.717, 1.165) is 27.8 Å². The minimum atomic E-state index is 0.590. The van der Waals surface area contributed by atoms with Crippen molar-refractivity contribution < 1.29 is 0 Å². The first-order chi connectivity index (χ1) is 6.74. The molecule has 0 amide bonds. The Morgan fingerprint density at radius 3 is 3.00 bits per heavy atom. The third kappa shape index (κ3) is 3.49. The second-order valence-electron chi connectivity index (χ2n) is 2.80. The quantitative estimate of drug-likeness (QED) is 0.487. The van der Waals surface area contributed by atoms with Gasteiger partial charge < -0.3 is 5.73 Å². The Morgan fingerprint density at radius 2 is 2.29 bits per heavy atom. The van der Waals surface area contributed by atoms with E-state index < -0.39 is 0 Å². The summed E-state index contributed by atoms with van der Waals surface area (Å²) in [4.78, 5) is 0.990. The van der Waals surface area contributed by atoms with Crippen LogP contribution >= 0.6 is 23.4 Å². The molecule has 2 nitrogen and oxygen atoms in total. The highest BCUT2D eigenvalue weighted by Gasteiger charge is 2.00. The summed E-state index contributed by atoms with van der Waals surface area (Å²) in [7, 11) is 0. The van der Waals surface area contributed by atoms with E-state index in [9.17, 15) is 0 Å². The van der Waals surface area contributed by atoms with E-state index in [0.29, 0.717) is 6.42 Å². The number of anilines is 1. The van der Waals surface area contributed by atoms with Crippen LogP contribution in [0.2, 0.25) is 5.02 Å². The fraction of sp³-hybridized carbons (Fsp3) is 0.300. The van der Waals surface area contributed by atoms with Crippen LogP contribution in [0.15, 0.2) is 23.1 Å². The summed E-state index contributed by atoms with van der Waals surface area (Å²) in [6, 6.07) is 7.54. The second kappa shape index (κ2) is 5.79. The summed E-state index contributed by atoms with van der Waals surface area (Å²) in [6.45, 7) is 0. The molecule has 0 bridgehead atoms. The number of hydrogen-bond acceptors (Lipinski definition) is 3. The van der Waals surface area contributed by atoms with Gasteiger partial charge in [-0.05, 0) is 30.4 Å². The fourth-order valence-corrected chi connectivity index (χ4v) is 2.18. The van der Waals surface area contributed by atoms with Gasteiger partial charge in [0.1, 0.15) is 0 Å². The van der Waals surface area contributed by atoms with Crippen LogP contribution in [-0.2, 0) is 0 Å². The van der Waals surface area contributed by atoms with Crippen LogP contribution in [0.5, 0.6) is 0 Å². The third-order valence-electron chi connectivity index (χ3n) is 1.65. The Morgan fingerprint density at radius 1 is 1.50 bits per heavy atom. The van der Waals surface area contributed by atoms with Gasteiger partial charge in [0.05, 0.1) is 11.1 Å². The molecule has 0 saturated carbocycles. The highest BCUT2D eigenvalue weighted by Crippen LogP contribution is 2.29. The Hall–Kier alpha value is -0.850. The Bertz CT molecular complexity index is 346. The van der Waals surface area contributed by atoms with Gasteiger partial charge in [0.2, 0.25) is 0 Å². The molecule has 74 valence electrons. The predicted molar refractivity (Wildman–Crippen MR) is 61.4 cm³/mol. The van der Waals surface area contributed by atoms with Crippen molar-refractivity contribution in [2.24, 2.45) is 0 Å². The molecule has 0 heterocycles. The fourth-order valence-electron chi connectivity index (χ4n) is 0.964. The molecule has 1 aromatic rings. The highest BCUT2D eigenvalue weighted by atomic mass is 35.5. The zero-order valence-electron chi connectivity index (χ0n) is 7.66. The Labute approximate surface area is 93.1 Å². The van der Waals surface area contributed by atoms with Crippen molar-refractivity contribution in [3.8, 4) is 6.07 Å². The first-order valence-electron chi connectivity index (χ1n) is 4.29. The van der Waals surface area contributed by atoms with Gasteiger partial charge in [0.15, 0.2) is 0 Å². The zero-order chi connectivity index (χ0) is 10.4. The normalized spacial score (nSPS) is 9.71. The van der Waals surface area contributed by atoms with Crippen molar-refractivity contribution >= 4 is 29.1 Å². The Kier molecular flexibility index (Phi) is 4.64. The van der Waals surface area contributed by atoms with Gasteiger partial charge in [-0.1, -0.05) is 11.6 Å². The molecule has 14 heavy (non-hydrogen) atoms. The number of halogens is 1. The van der Waals surface area contributed by atoms with Crippen LogP contribution in [0.4, 0.5) is 5.69 Å². The lowest BCUT2D eigenvalue weighted by Crippen LogP contribution is -1.86. The van der Waals surface area contributed by atoms with Crippen LogP contribution in [0.1, 0.15) is 12.8 Å². The van der Waals surface area contributed by atoms with E-state index >= 15 is 0 Å². The molecule has 0 saturated heterocycles. The number of benzene rings is 1. The van der Waals surface area contributed by atoms with Crippen molar-refractivity contribution in [1.82, 2.24) is 0 Å². The van der Waals surface area contributed by atoms with Crippen molar-refractivity contribution in [2.75, 3.05) is 11.5 Å². The summed E-state index contributed by atoms with van der Waals surface area (Å²) in [5.74, 6) is 0.900. The van der Waals surface area contributed by atoms with E-state index in [1.165, 1.54) is 0 Å². The van der Waals surface area contributed by atoms with Crippen molar-refractivity contribution in [3.05, 3.63) is 23.2 Å². The summed E-state index contributed by atoms with van der Waals surface area (Å²) in [5, 5.41) is 9.08. The summed E-state index contributed by atoms with van der Waals surface area (Å²) in [6.07, 6.45) is 1.47. The van der Waals surface area contributed by atoms with Gasteiger partial charge in [-0.3, -0.25) is 0 Å². The number of unbranched alkanes of at least 4 members (excludes halogenated alkanes) is 1. The minimum absolute atomic E-state index is 0.590. The predicted octanol–water partition coefficient (Wildman–Crippen LogP) is 3.32. The average Bonchev–Trinajstić information content (AvgIpc) is 2.18. The SMILES string of the molecule is N#CCCCSc1cc(N)ccc1Cl. The van der Waals surface area contributed by atoms with Gasteiger partial charge >= 0.3 is 0 Å². The smallest absolute Gasteiger partial charge is 0.0622 e. The molecule has 0 radical (unpaired) electrons. The number of hydrogen-bond donors (Lipinski definition) is 1. The van der Waals surface area contributed by atoms with Gasteiger partial charge in [-0.25, -0.2) is 0 Å². The molecule has 0 aliphatic heterocycles. The zero-order valence-corrected chi connectivity index (χ0v) is 9.24. The van der Waals surface area contributed by atoms with Crippen molar-refractivity contribution in [2.45, 2.75) is 17.7 Å². The van der Waals surface area contributed by atoms with Gasteiger partial charge in [-0.2, -0.15) is 5.26 Å². The third-order valence-corrected chi connectivity index (χ3v) is 3.23. The minimum Gasteiger partial charge on any atom is -0.399 e. The van der Waals surface area contributed by atoms with Gasteiger partial charge in [-0.15, -0.1) is 11.8 Å². The molecule has 0 unspecified atom stereocenters. The molecule has 0 spiro atoms. The number of nitrogen functional groups attached to an aromatic ring is 1. The van der Waals surface area contributed by atoms with Crippen molar-refractivity contribution in [1.29, 1.82) is 5.26 Å². The maximum atomic E-state index is 8.36. The molecule has 0 atom stereocenters. The molecule has 0 aliphatic rings.